The zero-order valence-corrected chi connectivity index (χ0v) is 11.8. The van der Waals surface area contributed by atoms with Crippen LogP contribution >= 0.6 is 0 Å². The highest BCUT2D eigenvalue weighted by atomic mass is 32.2. The number of aromatic nitrogens is 1. The van der Waals surface area contributed by atoms with Gasteiger partial charge in [-0.3, -0.25) is 4.98 Å². The minimum Gasteiger partial charge on any atom is -0.492 e. The summed E-state index contributed by atoms with van der Waals surface area (Å²) in [5.41, 5.74) is 0.827. The second-order valence-electron chi connectivity index (χ2n) is 4.09. The van der Waals surface area contributed by atoms with E-state index in [1.165, 1.54) is 6.26 Å². The third-order valence-electron chi connectivity index (χ3n) is 2.37. The molecule has 1 atom stereocenters. The number of rotatable bonds is 7. The summed E-state index contributed by atoms with van der Waals surface area (Å²) in [5.74, 6) is 0.712. The molecule has 5 nitrogen and oxygen atoms in total. The van der Waals surface area contributed by atoms with Crippen molar-refractivity contribution in [2.24, 2.45) is 0 Å². The van der Waals surface area contributed by atoms with Gasteiger partial charge in [0.1, 0.15) is 15.6 Å². The zero-order valence-electron chi connectivity index (χ0n) is 11.0. The largest absolute Gasteiger partial charge is 0.492 e. The number of sulfone groups is 1. The molecule has 1 unspecified atom stereocenters. The van der Waals surface area contributed by atoms with Crippen LogP contribution in [0.15, 0.2) is 18.5 Å². The lowest BCUT2D eigenvalue weighted by atomic mass is 10.1. The fourth-order valence-electron chi connectivity index (χ4n) is 1.69. The van der Waals surface area contributed by atoms with E-state index in [2.05, 4.69) is 10.3 Å². The van der Waals surface area contributed by atoms with Gasteiger partial charge in [-0.25, -0.2) is 8.42 Å². The SMILES string of the molecule is CCNC(CS(C)(=O)=O)c1cncc(OCC)c1. The van der Waals surface area contributed by atoms with Gasteiger partial charge in [-0.1, -0.05) is 6.92 Å². The highest BCUT2D eigenvalue weighted by molar-refractivity contribution is 7.90. The smallest absolute Gasteiger partial charge is 0.149 e. The molecule has 102 valence electrons. The van der Waals surface area contributed by atoms with Crippen molar-refractivity contribution in [2.75, 3.05) is 25.2 Å². The van der Waals surface area contributed by atoms with Gasteiger partial charge >= 0.3 is 0 Å². The molecule has 0 spiro atoms. The van der Waals surface area contributed by atoms with Gasteiger partial charge in [-0.15, -0.1) is 0 Å². The van der Waals surface area contributed by atoms with E-state index in [0.717, 1.165) is 5.56 Å². The molecule has 0 saturated carbocycles. The molecule has 0 bridgehead atoms. The molecule has 0 radical (unpaired) electrons. The predicted molar refractivity (Wildman–Crippen MR) is 71.5 cm³/mol. The molecule has 1 rings (SSSR count). The predicted octanol–water partition coefficient (Wildman–Crippen LogP) is 1.18. The Kier molecular flexibility index (Phi) is 5.55. The first-order valence-corrected chi connectivity index (χ1v) is 8.01. The highest BCUT2D eigenvalue weighted by Gasteiger charge is 2.17. The van der Waals surface area contributed by atoms with Crippen LogP contribution in [0.4, 0.5) is 0 Å². The lowest BCUT2D eigenvalue weighted by molar-refractivity contribution is 0.338. The van der Waals surface area contributed by atoms with E-state index in [0.29, 0.717) is 18.9 Å². The molecule has 0 aliphatic carbocycles. The lowest BCUT2D eigenvalue weighted by Crippen LogP contribution is -2.27. The van der Waals surface area contributed by atoms with E-state index in [1.54, 1.807) is 12.4 Å². The average Bonchev–Trinajstić information content (AvgIpc) is 2.28. The molecule has 1 aromatic heterocycles. The second kappa shape index (κ2) is 6.70. The van der Waals surface area contributed by atoms with Crippen LogP contribution in [-0.4, -0.2) is 38.6 Å². The van der Waals surface area contributed by atoms with Crippen LogP contribution in [0.2, 0.25) is 0 Å². The quantitative estimate of drug-likeness (QED) is 0.807. The maximum absolute atomic E-state index is 11.4. The molecule has 0 fully saturated rings. The molecule has 1 N–H and O–H groups in total. The van der Waals surface area contributed by atoms with Gasteiger partial charge < -0.3 is 10.1 Å². The Morgan fingerprint density at radius 3 is 2.67 bits per heavy atom. The molecule has 0 aromatic carbocycles. The van der Waals surface area contributed by atoms with Crippen LogP contribution in [0.25, 0.3) is 0 Å². The fraction of sp³-hybridized carbons (Fsp3) is 0.583. The van der Waals surface area contributed by atoms with E-state index in [4.69, 9.17) is 4.74 Å². The van der Waals surface area contributed by atoms with Crippen molar-refractivity contribution in [3.8, 4) is 5.75 Å². The van der Waals surface area contributed by atoms with E-state index >= 15 is 0 Å². The number of hydrogen-bond donors (Lipinski definition) is 1. The van der Waals surface area contributed by atoms with Gasteiger partial charge in [-0.2, -0.15) is 0 Å². The summed E-state index contributed by atoms with van der Waals surface area (Å²) in [4.78, 5) is 4.08. The first-order valence-electron chi connectivity index (χ1n) is 5.95. The van der Waals surface area contributed by atoms with Crippen molar-refractivity contribution in [1.82, 2.24) is 10.3 Å². The molecule has 0 saturated heterocycles. The van der Waals surface area contributed by atoms with Crippen molar-refractivity contribution < 1.29 is 13.2 Å². The normalized spacial score (nSPS) is 13.3. The van der Waals surface area contributed by atoms with Crippen LogP contribution in [0.5, 0.6) is 5.75 Å². The monoisotopic (exact) mass is 272 g/mol. The number of hydrogen-bond acceptors (Lipinski definition) is 5. The van der Waals surface area contributed by atoms with Crippen LogP contribution < -0.4 is 10.1 Å². The summed E-state index contributed by atoms with van der Waals surface area (Å²) in [7, 11) is -3.05. The van der Waals surface area contributed by atoms with Crippen molar-refractivity contribution in [2.45, 2.75) is 19.9 Å². The van der Waals surface area contributed by atoms with Gasteiger partial charge in [0, 0.05) is 18.5 Å². The molecule has 1 heterocycles. The third kappa shape index (κ3) is 5.01. The van der Waals surface area contributed by atoms with E-state index < -0.39 is 9.84 Å². The maximum atomic E-state index is 11.4. The van der Waals surface area contributed by atoms with Crippen LogP contribution in [0, 0.1) is 0 Å². The number of pyridine rings is 1. The van der Waals surface area contributed by atoms with Gasteiger partial charge in [0.25, 0.3) is 0 Å². The zero-order chi connectivity index (χ0) is 13.6. The summed E-state index contributed by atoms with van der Waals surface area (Å²) in [6.07, 6.45) is 4.52. The molecule has 1 aromatic rings. The molecule has 0 amide bonds. The molecular formula is C12H20N2O3S. The molecule has 6 heteroatoms. The Morgan fingerprint density at radius 2 is 2.11 bits per heavy atom. The molecule has 0 aliphatic rings. The van der Waals surface area contributed by atoms with Crippen LogP contribution in [-0.2, 0) is 9.84 Å². The topological polar surface area (TPSA) is 68.3 Å². The standard InChI is InChI=1S/C12H20N2O3S/c1-4-14-12(9-18(3,15)16)10-6-11(17-5-2)8-13-7-10/h6-8,12,14H,4-5,9H2,1-3H3. The summed E-state index contributed by atoms with van der Waals surface area (Å²) < 4.78 is 28.2. The Hall–Kier alpha value is -1.14. The van der Waals surface area contributed by atoms with Gasteiger partial charge in [0.15, 0.2) is 0 Å². The van der Waals surface area contributed by atoms with Crippen molar-refractivity contribution in [3.05, 3.63) is 24.0 Å². The molecule has 0 aliphatic heterocycles. The number of nitrogens with one attached hydrogen (secondary N) is 1. The molecular weight excluding hydrogens is 252 g/mol. The Bertz CT molecular complexity index is 474. The lowest BCUT2D eigenvalue weighted by Gasteiger charge is -2.17. The first-order chi connectivity index (χ1) is 8.46. The Morgan fingerprint density at radius 1 is 1.39 bits per heavy atom. The summed E-state index contributed by atoms with van der Waals surface area (Å²) in [6, 6.07) is 1.58. The van der Waals surface area contributed by atoms with Crippen LogP contribution in [0.1, 0.15) is 25.5 Å². The first kappa shape index (κ1) is 14.9. The van der Waals surface area contributed by atoms with E-state index in [-0.39, 0.29) is 11.8 Å². The molecule has 18 heavy (non-hydrogen) atoms. The van der Waals surface area contributed by atoms with E-state index in [9.17, 15) is 8.42 Å². The number of nitrogens with zero attached hydrogens (tertiary/aromatic N) is 1. The summed E-state index contributed by atoms with van der Waals surface area (Å²) in [5, 5.41) is 3.15. The highest BCUT2D eigenvalue weighted by Crippen LogP contribution is 2.19. The summed E-state index contributed by atoms with van der Waals surface area (Å²) in [6.45, 7) is 5.09. The fourth-order valence-corrected chi connectivity index (χ4v) is 2.61. The minimum atomic E-state index is -3.05. The van der Waals surface area contributed by atoms with Crippen molar-refractivity contribution >= 4 is 9.84 Å². The average molecular weight is 272 g/mol. The number of ether oxygens (including phenoxy) is 1. The minimum absolute atomic E-state index is 0.0537. The Balaban J connectivity index is 2.94. The second-order valence-corrected chi connectivity index (χ2v) is 6.27. The Labute approximate surface area is 108 Å². The maximum Gasteiger partial charge on any atom is 0.149 e. The van der Waals surface area contributed by atoms with Gasteiger partial charge in [0.05, 0.1) is 18.6 Å². The van der Waals surface area contributed by atoms with Gasteiger partial charge in [0.2, 0.25) is 0 Å². The van der Waals surface area contributed by atoms with Crippen molar-refractivity contribution in [1.29, 1.82) is 0 Å². The summed E-state index contributed by atoms with van der Waals surface area (Å²) >= 11 is 0. The van der Waals surface area contributed by atoms with Crippen molar-refractivity contribution in [3.63, 3.8) is 0 Å². The third-order valence-corrected chi connectivity index (χ3v) is 3.31. The van der Waals surface area contributed by atoms with Crippen LogP contribution in [0.3, 0.4) is 0 Å². The van der Waals surface area contributed by atoms with E-state index in [1.807, 2.05) is 19.9 Å². The van der Waals surface area contributed by atoms with Gasteiger partial charge in [-0.05, 0) is 25.1 Å².